The lowest BCUT2D eigenvalue weighted by Gasteiger charge is -2.17. The van der Waals surface area contributed by atoms with Crippen LogP contribution < -0.4 is 0 Å². The molecule has 1 aliphatic heterocycles. The standard InChI is InChI=1S/C13H15ClN2O4/c1-6-4-9(14)15-12-7(6)2-3-16(12)13-11(19)10(18)8(5-17)20-13/h2-4,8,10-11,13,17-19H,5H2,1H3/t8-,10-,11+,13+/m0/s1. The van der Waals surface area contributed by atoms with Crippen LogP contribution in [0.3, 0.4) is 0 Å². The van der Waals surface area contributed by atoms with Crippen molar-refractivity contribution in [2.45, 2.75) is 31.5 Å². The number of rotatable bonds is 2. The Kier molecular flexibility index (Phi) is 3.43. The number of aromatic nitrogens is 2. The lowest BCUT2D eigenvalue weighted by Crippen LogP contribution is -2.33. The third-order valence-corrected chi connectivity index (χ3v) is 3.85. The zero-order chi connectivity index (χ0) is 14.4. The molecule has 1 fully saturated rings. The van der Waals surface area contributed by atoms with Gasteiger partial charge in [0, 0.05) is 11.6 Å². The molecule has 0 aliphatic carbocycles. The highest BCUT2D eigenvalue weighted by Crippen LogP contribution is 2.33. The summed E-state index contributed by atoms with van der Waals surface area (Å²) in [5.41, 5.74) is 1.54. The molecule has 2 aromatic heterocycles. The minimum absolute atomic E-state index is 0.349. The smallest absolute Gasteiger partial charge is 0.164 e. The molecule has 1 aliphatic rings. The molecule has 0 unspecified atom stereocenters. The third kappa shape index (κ3) is 2.01. The van der Waals surface area contributed by atoms with Gasteiger partial charge in [0.25, 0.3) is 0 Å². The van der Waals surface area contributed by atoms with E-state index in [-0.39, 0.29) is 6.61 Å². The van der Waals surface area contributed by atoms with Crippen molar-refractivity contribution in [1.29, 1.82) is 0 Å². The predicted molar refractivity (Wildman–Crippen MR) is 72.5 cm³/mol. The summed E-state index contributed by atoms with van der Waals surface area (Å²) in [4.78, 5) is 4.24. The lowest BCUT2D eigenvalue weighted by molar-refractivity contribution is -0.0508. The molecule has 6 nitrogen and oxygen atoms in total. The first-order valence-corrected chi connectivity index (χ1v) is 6.67. The summed E-state index contributed by atoms with van der Waals surface area (Å²) in [6, 6.07) is 3.61. The van der Waals surface area contributed by atoms with E-state index < -0.39 is 24.5 Å². The van der Waals surface area contributed by atoms with Gasteiger partial charge in [0.1, 0.15) is 29.1 Å². The highest BCUT2D eigenvalue weighted by atomic mass is 35.5. The molecule has 3 rings (SSSR count). The molecule has 3 heterocycles. The number of halogens is 1. The van der Waals surface area contributed by atoms with Gasteiger partial charge < -0.3 is 24.6 Å². The van der Waals surface area contributed by atoms with Gasteiger partial charge in [-0.25, -0.2) is 4.98 Å². The van der Waals surface area contributed by atoms with Crippen molar-refractivity contribution in [2.75, 3.05) is 6.61 Å². The third-order valence-electron chi connectivity index (χ3n) is 3.65. The molecule has 0 bridgehead atoms. The van der Waals surface area contributed by atoms with Crippen LogP contribution in [0.5, 0.6) is 0 Å². The monoisotopic (exact) mass is 298 g/mol. The van der Waals surface area contributed by atoms with Crippen molar-refractivity contribution in [3.63, 3.8) is 0 Å². The quantitative estimate of drug-likeness (QED) is 0.707. The Morgan fingerprint density at radius 1 is 1.40 bits per heavy atom. The van der Waals surface area contributed by atoms with E-state index in [2.05, 4.69) is 4.98 Å². The van der Waals surface area contributed by atoms with Gasteiger partial charge >= 0.3 is 0 Å². The van der Waals surface area contributed by atoms with Crippen LogP contribution in [0.15, 0.2) is 18.3 Å². The van der Waals surface area contributed by atoms with E-state index in [0.717, 1.165) is 10.9 Å². The van der Waals surface area contributed by atoms with Crippen LogP contribution in [0.25, 0.3) is 11.0 Å². The van der Waals surface area contributed by atoms with E-state index in [4.69, 9.17) is 21.4 Å². The number of aliphatic hydroxyl groups excluding tert-OH is 3. The number of aryl methyl sites for hydroxylation is 1. The second-order valence-corrected chi connectivity index (χ2v) is 5.34. The van der Waals surface area contributed by atoms with Crippen molar-refractivity contribution >= 4 is 22.6 Å². The Morgan fingerprint density at radius 3 is 2.80 bits per heavy atom. The van der Waals surface area contributed by atoms with Crippen molar-refractivity contribution in [3.8, 4) is 0 Å². The van der Waals surface area contributed by atoms with Crippen LogP contribution in [0.4, 0.5) is 0 Å². The summed E-state index contributed by atoms with van der Waals surface area (Å²) < 4.78 is 7.12. The van der Waals surface area contributed by atoms with Crippen LogP contribution in [-0.4, -0.2) is 49.8 Å². The molecule has 0 radical (unpaired) electrons. The molecule has 3 N–H and O–H groups in total. The van der Waals surface area contributed by atoms with Gasteiger partial charge in [-0.15, -0.1) is 0 Å². The van der Waals surface area contributed by atoms with Gasteiger partial charge in [-0.2, -0.15) is 0 Å². The highest BCUT2D eigenvalue weighted by molar-refractivity contribution is 6.29. The van der Waals surface area contributed by atoms with Gasteiger partial charge in [-0.05, 0) is 24.6 Å². The number of pyridine rings is 1. The van der Waals surface area contributed by atoms with Crippen LogP contribution >= 0.6 is 11.6 Å². The number of hydrogen-bond acceptors (Lipinski definition) is 5. The highest BCUT2D eigenvalue weighted by Gasteiger charge is 2.43. The lowest BCUT2D eigenvalue weighted by atomic mass is 10.1. The first-order valence-electron chi connectivity index (χ1n) is 6.29. The first-order chi connectivity index (χ1) is 9.52. The van der Waals surface area contributed by atoms with Gasteiger partial charge in [-0.3, -0.25) is 0 Å². The summed E-state index contributed by atoms with van der Waals surface area (Å²) in [7, 11) is 0. The maximum absolute atomic E-state index is 10.1. The second-order valence-electron chi connectivity index (χ2n) is 4.95. The number of fused-ring (bicyclic) bond motifs is 1. The number of hydrogen-bond donors (Lipinski definition) is 3. The molecule has 20 heavy (non-hydrogen) atoms. The molecule has 108 valence electrons. The van der Waals surface area contributed by atoms with Crippen molar-refractivity contribution in [1.82, 2.24) is 9.55 Å². The van der Waals surface area contributed by atoms with Crippen molar-refractivity contribution < 1.29 is 20.1 Å². The van der Waals surface area contributed by atoms with Crippen LogP contribution in [0.1, 0.15) is 11.8 Å². The van der Waals surface area contributed by atoms with Crippen LogP contribution in [0.2, 0.25) is 5.15 Å². The summed E-state index contributed by atoms with van der Waals surface area (Å²) in [6.07, 6.45) is -2.16. The average Bonchev–Trinajstić information content (AvgIpc) is 2.93. The van der Waals surface area contributed by atoms with Crippen LogP contribution in [0, 0.1) is 6.92 Å². The Hall–Kier alpha value is -1.18. The minimum atomic E-state index is -1.14. The Bertz CT molecular complexity index is 645. The SMILES string of the molecule is Cc1cc(Cl)nc2c1ccn2[C@@H]1O[C@@H](CO)[C@H](O)[C@H]1O. The molecule has 0 spiro atoms. The molecule has 0 amide bonds. The molecule has 2 aromatic rings. The Morgan fingerprint density at radius 2 is 2.15 bits per heavy atom. The predicted octanol–water partition coefficient (Wildman–Crippen LogP) is 0.610. The Balaban J connectivity index is 2.07. The summed E-state index contributed by atoms with van der Waals surface area (Å²) in [6.45, 7) is 1.55. The molecule has 1 saturated heterocycles. The van der Waals surface area contributed by atoms with Gasteiger partial charge in [0.2, 0.25) is 0 Å². The topological polar surface area (TPSA) is 87.7 Å². The molecule has 0 saturated carbocycles. The maximum Gasteiger partial charge on any atom is 0.164 e. The fraction of sp³-hybridized carbons (Fsp3) is 0.462. The average molecular weight is 299 g/mol. The summed E-state index contributed by atoms with van der Waals surface area (Å²) in [5, 5.41) is 30.2. The largest absolute Gasteiger partial charge is 0.394 e. The fourth-order valence-electron chi connectivity index (χ4n) is 2.57. The van der Waals surface area contributed by atoms with E-state index in [0.29, 0.717) is 10.8 Å². The van der Waals surface area contributed by atoms with E-state index in [1.54, 1.807) is 16.8 Å². The number of aliphatic hydroxyl groups is 3. The van der Waals surface area contributed by atoms with Gasteiger partial charge in [0.15, 0.2) is 6.23 Å². The number of ether oxygens (including phenoxy) is 1. The summed E-state index contributed by atoms with van der Waals surface area (Å²) >= 11 is 5.96. The number of nitrogens with zero attached hydrogens (tertiary/aromatic N) is 2. The minimum Gasteiger partial charge on any atom is -0.394 e. The zero-order valence-electron chi connectivity index (χ0n) is 10.8. The normalized spacial score (nSPS) is 30.2. The van der Waals surface area contributed by atoms with Gasteiger partial charge in [0.05, 0.1) is 6.61 Å². The van der Waals surface area contributed by atoms with E-state index in [9.17, 15) is 10.2 Å². The fourth-order valence-corrected chi connectivity index (χ4v) is 2.81. The zero-order valence-corrected chi connectivity index (χ0v) is 11.5. The van der Waals surface area contributed by atoms with E-state index >= 15 is 0 Å². The van der Waals surface area contributed by atoms with Crippen molar-refractivity contribution in [3.05, 3.63) is 29.0 Å². The second kappa shape index (κ2) is 4.98. The van der Waals surface area contributed by atoms with Crippen LogP contribution in [-0.2, 0) is 4.74 Å². The molecular weight excluding hydrogens is 284 g/mol. The first kappa shape index (κ1) is 13.8. The Labute approximate surface area is 120 Å². The maximum atomic E-state index is 10.1. The molecule has 0 aromatic carbocycles. The van der Waals surface area contributed by atoms with Gasteiger partial charge in [-0.1, -0.05) is 11.6 Å². The molecule has 4 atom stereocenters. The summed E-state index contributed by atoms with van der Waals surface area (Å²) in [5.74, 6) is 0. The molecular formula is C13H15ClN2O4. The van der Waals surface area contributed by atoms with E-state index in [1.165, 1.54) is 0 Å². The van der Waals surface area contributed by atoms with E-state index in [1.807, 2.05) is 13.0 Å². The van der Waals surface area contributed by atoms with Crippen molar-refractivity contribution in [2.24, 2.45) is 0 Å². The molecule has 7 heteroatoms.